The number of benzene rings is 1. The highest BCUT2D eigenvalue weighted by Crippen LogP contribution is 2.43. The van der Waals surface area contributed by atoms with E-state index in [1.165, 1.54) is 18.2 Å². The molecule has 0 spiro atoms. The molecule has 1 fully saturated rings. The molecule has 2 rings (SSSR count). The van der Waals surface area contributed by atoms with Crippen LogP contribution in [0.15, 0.2) is 23.2 Å². The molecule has 3 atom stereocenters. The lowest BCUT2D eigenvalue weighted by atomic mass is 10.1. The number of hydrogen-bond acceptors (Lipinski definition) is 1. The van der Waals surface area contributed by atoms with E-state index in [9.17, 15) is 8.78 Å². The van der Waals surface area contributed by atoms with Gasteiger partial charge in [0.1, 0.15) is 11.6 Å². The Morgan fingerprint density at radius 2 is 1.87 bits per heavy atom. The summed E-state index contributed by atoms with van der Waals surface area (Å²) in [7, 11) is 0. The number of halogens is 3. The van der Waals surface area contributed by atoms with Crippen molar-refractivity contribution >= 4 is 29.9 Å². The number of aliphatic imine (C=N–C) groups is 1. The molecule has 1 aliphatic carbocycles. The lowest BCUT2D eigenvalue weighted by Crippen LogP contribution is -2.45. The minimum Gasteiger partial charge on any atom is -0.354 e. The molecule has 1 aromatic rings. The van der Waals surface area contributed by atoms with Gasteiger partial charge in [-0.3, -0.25) is 4.99 Å². The summed E-state index contributed by atoms with van der Waals surface area (Å²) >= 11 is 0. The quantitative estimate of drug-likeness (QED) is 0.415. The third-order valence-electron chi connectivity index (χ3n) is 4.16. The van der Waals surface area contributed by atoms with E-state index in [1.807, 2.05) is 6.92 Å². The molecule has 1 saturated carbocycles. The Kier molecular flexibility index (Phi) is 7.70. The van der Waals surface area contributed by atoms with Crippen LogP contribution >= 0.6 is 24.0 Å². The largest absolute Gasteiger partial charge is 0.354 e. The normalized spacial score (nSPS) is 21.6. The SMILES string of the molecule is CCN=C(NC(C)C(C)C)NC1CC1c1c(F)cccc1F.I. The van der Waals surface area contributed by atoms with Crippen LogP contribution < -0.4 is 10.6 Å². The Balaban J connectivity index is 0.00000264. The van der Waals surface area contributed by atoms with Crippen LogP contribution in [-0.2, 0) is 0 Å². The summed E-state index contributed by atoms with van der Waals surface area (Å²) in [5.74, 6) is 0.133. The first-order valence-electron chi connectivity index (χ1n) is 7.95. The van der Waals surface area contributed by atoms with Crippen molar-refractivity contribution in [1.82, 2.24) is 10.6 Å². The van der Waals surface area contributed by atoms with Crippen molar-refractivity contribution in [2.75, 3.05) is 6.54 Å². The second kappa shape index (κ2) is 8.80. The van der Waals surface area contributed by atoms with Gasteiger partial charge in [-0.2, -0.15) is 0 Å². The molecule has 0 aliphatic heterocycles. The summed E-state index contributed by atoms with van der Waals surface area (Å²) in [5, 5.41) is 6.63. The molecule has 2 N–H and O–H groups in total. The van der Waals surface area contributed by atoms with Crippen LogP contribution in [-0.4, -0.2) is 24.6 Å². The molecule has 6 heteroatoms. The van der Waals surface area contributed by atoms with Crippen LogP contribution in [0.5, 0.6) is 0 Å². The monoisotopic (exact) mass is 437 g/mol. The van der Waals surface area contributed by atoms with Gasteiger partial charge in [-0.15, -0.1) is 24.0 Å². The predicted molar refractivity (Wildman–Crippen MR) is 101 cm³/mol. The van der Waals surface area contributed by atoms with E-state index < -0.39 is 11.6 Å². The van der Waals surface area contributed by atoms with Crippen LogP contribution in [0.1, 0.15) is 45.6 Å². The van der Waals surface area contributed by atoms with Crippen molar-refractivity contribution in [3.05, 3.63) is 35.4 Å². The first kappa shape index (κ1) is 20.1. The average Bonchev–Trinajstić information content (AvgIpc) is 3.17. The maximum atomic E-state index is 13.8. The van der Waals surface area contributed by atoms with E-state index >= 15 is 0 Å². The van der Waals surface area contributed by atoms with Crippen LogP contribution in [0.2, 0.25) is 0 Å². The molecular formula is C17H26F2IN3. The molecule has 3 unspecified atom stereocenters. The fraction of sp³-hybridized carbons (Fsp3) is 0.588. The summed E-state index contributed by atoms with van der Waals surface area (Å²) in [6, 6.07) is 4.33. The number of nitrogens with zero attached hydrogens (tertiary/aromatic N) is 1. The van der Waals surface area contributed by atoms with Crippen molar-refractivity contribution < 1.29 is 8.78 Å². The highest BCUT2D eigenvalue weighted by molar-refractivity contribution is 14.0. The van der Waals surface area contributed by atoms with Gasteiger partial charge in [0.2, 0.25) is 0 Å². The molecule has 0 saturated heterocycles. The van der Waals surface area contributed by atoms with E-state index in [1.54, 1.807) is 0 Å². The highest BCUT2D eigenvalue weighted by atomic mass is 127. The summed E-state index contributed by atoms with van der Waals surface area (Å²) in [4.78, 5) is 4.41. The topological polar surface area (TPSA) is 36.4 Å². The molecule has 3 nitrogen and oxygen atoms in total. The number of rotatable bonds is 5. The van der Waals surface area contributed by atoms with E-state index in [0.717, 1.165) is 6.42 Å². The molecule has 23 heavy (non-hydrogen) atoms. The lowest BCUT2D eigenvalue weighted by molar-refractivity contribution is 0.480. The number of guanidine groups is 1. The fourth-order valence-corrected chi connectivity index (χ4v) is 2.39. The minimum absolute atomic E-state index is 0. The third kappa shape index (κ3) is 5.29. The van der Waals surface area contributed by atoms with Gasteiger partial charge >= 0.3 is 0 Å². The molecule has 0 radical (unpaired) electrons. The Morgan fingerprint density at radius 1 is 1.26 bits per heavy atom. The first-order valence-corrected chi connectivity index (χ1v) is 7.95. The Labute approximate surface area is 154 Å². The molecule has 0 amide bonds. The van der Waals surface area contributed by atoms with E-state index in [0.29, 0.717) is 18.4 Å². The molecule has 1 aliphatic rings. The van der Waals surface area contributed by atoms with Gasteiger partial charge in [0.15, 0.2) is 5.96 Å². The van der Waals surface area contributed by atoms with Crippen LogP contribution in [0.3, 0.4) is 0 Å². The van der Waals surface area contributed by atoms with Crippen molar-refractivity contribution in [3.63, 3.8) is 0 Å². The van der Waals surface area contributed by atoms with Crippen molar-refractivity contribution in [2.45, 2.75) is 52.1 Å². The molecule has 1 aromatic carbocycles. The second-order valence-corrected chi connectivity index (χ2v) is 6.23. The highest BCUT2D eigenvalue weighted by Gasteiger charge is 2.42. The predicted octanol–water partition coefficient (Wildman–Crippen LogP) is 4.04. The zero-order valence-corrected chi connectivity index (χ0v) is 16.4. The molecule has 0 aromatic heterocycles. The van der Waals surface area contributed by atoms with Crippen molar-refractivity contribution in [3.8, 4) is 0 Å². The minimum atomic E-state index is -0.466. The first-order chi connectivity index (χ1) is 10.4. The van der Waals surface area contributed by atoms with Gasteiger partial charge in [-0.25, -0.2) is 8.78 Å². The Morgan fingerprint density at radius 3 is 2.39 bits per heavy atom. The van der Waals surface area contributed by atoms with Gasteiger partial charge in [0.05, 0.1) is 0 Å². The Hall–Kier alpha value is -0.920. The standard InChI is InChI=1S/C17H25F2N3.HI/c1-5-20-17(21-11(4)10(2)3)22-15-9-12(15)16-13(18)7-6-8-14(16)19;/h6-8,10-12,15H,5,9H2,1-4H3,(H2,20,21,22);1H. The van der Waals surface area contributed by atoms with E-state index in [-0.39, 0.29) is 47.5 Å². The van der Waals surface area contributed by atoms with Gasteiger partial charge in [-0.05, 0) is 38.3 Å². The van der Waals surface area contributed by atoms with E-state index in [2.05, 4.69) is 36.4 Å². The summed E-state index contributed by atoms with van der Waals surface area (Å²) in [6.07, 6.45) is 0.721. The average molecular weight is 437 g/mol. The van der Waals surface area contributed by atoms with Crippen LogP contribution in [0.4, 0.5) is 8.78 Å². The maximum Gasteiger partial charge on any atom is 0.191 e. The third-order valence-corrected chi connectivity index (χ3v) is 4.16. The zero-order valence-electron chi connectivity index (χ0n) is 14.1. The number of hydrogen-bond donors (Lipinski definition) is 2. The summed E-state index contributed by atoms with van der Waals surface area (Å²) in [5.41, 5.74) is 0.188. The smallest absolute Gasteiger partial charge is 0.191 e. The van der Waals surface area contributed by atoms with Crippen LogP contribution in [0.25, 0.3) is 0 Å². The zero-order chi connectivity index (χ0) is 16.3. The summed E-state index contributed by atoms with van der Waals surface area (Å²) < 4.78 is 27.6. The van der Waals surface area contributed by atoms with Gasteiger partial charge in [0.25, 0.3) is 0 Å². The van der Waals surface area contributed by atoms with Crippen LogP contribution in [0, 0.1) is 17.6 Å². The fourth-order valence-electron chi connectivity index (χ4n) is 2.39. The van der Waals surface area contributed by atoms with Gasteiger partial charge in [0, 0.05) is 30.1 Å². The van der Waals surface area contributed by atoms with Gasteiger partial charge in [-0.1, -0.05) is 19.9 Å². The molecule has 130 valence electrons. The van der Waals surface area contributed by atoms with Gasteiger partial charge < -0.3 is 10.6 Å². The molecule has 0 heterocycles. The maximum absolute atomic E-state index is 13.8. The molecule has 0 bridgehead atoms. The summed E-state index contributed by atoms with van der Waals surface area (Å²) in [6.45, 7) is 8.99. The second-order valence-electron chi connectivity index (χ2n) is 6.23. The van der Waals surface area contributed by atoms with Crippen molar-refractivity contribution in [2.24, 2.45) is 10.9 Å². The Bertz CT molecular complexity index is 528. The molecular weight excluding hydrogens is 411 g/mol. The lowest BCUT2D eigenvalue weighted by Gasteiger charge is -2.21. The van der Waals surface area contributed by atoms with Crippen molar-refractivity contribution in [1.29, 1.82) is 0 Å². The number of nitrogens with one attached hydrogen (secondary N) is 2. The van der Waals surface area contributed by atoms with E-state index in [4.69, 9.17) is 0 Å².